The second-order valence-electron chi connectivity index (χ2n) is 6.79. The van der Waals surface area contributed by atoms with Crippen LogP contribution < -0.4 is 0 Å². The van der Waals surface area contributed by atoms with Gasteiger partial charge in [0.1, 0.15) is 0 Å². The Morgan fingerprint density at radius 3 is 2.39 bits per heavy atom. The van der Waals surface area contributed by atoms with E-state index < -0.39 is 18.3 Å². The van der Waals surface area contributed by atoms with Crippen LogP contribution >= 0.6 is 11.8 Å². The number of nitrogens with zero attached hydrogens (tertiary/aromatic N) is 1. The minimum Gasteiger partial charge on any atom is -0.400 e. The third-order valence-electron chi connectivity index (χ3n) is 4.24. The summed E-state index contributed by atoms with van der Waals surface area (Å²) in [5.41, 5.74) is 1.90. The first kappa shape index (κ1) is 18.2. The zero-order chi connectivity index (χ0) is 17.3. The van der Waals surface area contributed by atoms with E-state index in [-0.39, 0.29) is 5.12 Å². The van der Waals surface area contributed by atoms with Gasteiger partial charge in [0.15, 0.2) is 5.12 Å². The molecule has 2 rings (SSSR count). The molecule has 1 saturated heterocycles. The third-order valence-corrected chi connectivity index (χ3v) is 5.13. The van der Waals surface area contributed by atoms with Crippen molar-refractivity contribution in [3.05, 3.63) is 35.1 Å². The van der Waals surface area contributed by atoms with E-state index in [9.17, 15) is 4.79 Å². The Hall–Kier alpha value is -1.11. The van der Waals surface area contributed by atoms with Crippen molar-refractivity contribution in [2.45, 2.75) is 52.7 Å². The van der Waals surface area contributed by atoms with Gasteiger partial charge in [-0.15, -0.1) is 0 Å². The van der Waals surface area contributed by atoms with Gasteiger partial charge in [-0.05, 0) is 58.3 Å². The Labute approximate surface area is 143 Å². The molecule has 1 aromatic rings. The molecule has 4 nitrogen and oxygen atoms in total. The summed E-state index contributed by atoms with van der Waals surface area (Å²) in [5, 5.41) is 0.0737. The van der Waals surface area contributed by atoms with E-state index in [1.54, 1.807) is 6.92 Å². The van der Waals surface area contributed by atoms with E-state index in [4.69, 9.17) is 9.31 Å². The maximum Gasteiger partial charge on any atom is 0.491 e. The number of aromatic nitrogens is 1. The number of pyridine rings is 1. The van der Waals surface area contributed by atoms with Crippen LogP contribution in [-0.2, 0) is 14.1 Å². The maximum atomic E-state index is 11.4. The lowest BCUT2D eigenvalue weighted by molar-refractivity contribution is -0.109. The Kier molecular flexibility index (Phi) is 5.39. The van der Waals surface area contributed by atoms with Gasteiger partial charge in [-0.25, -0.2) is 0 Å². The molecule has 0 radical (unpaired) electrons. The summed E-state index contributed by atoms with van der Waals surface area (Å²) in [4.78, 5) is 15.9. The Bertz CT molecular complexity index is 612. The lowest BCUT2D eigenvalue weighted by atomic mass is 9.78. The van der Waals surface area contributed by atoms with Gasteiger partial charge < -0.3 is 9.31 Å². The third kappa shape index (κ3) is 4.46. The van der Waals surface area contributed by atoms with E-state index >= 15 is 0 Å². The summed E-state index contributed by atoms with van der Waals surface area (Å²) in [7, 11) is -0.464. The normalized spacial score (nSPS) is 19.9. The molecule has 0 N–H and O–H groups in total. The first-order chi connectivity index (χ1) is 10.6. The van der Waals surface area contributed by atoms with Gasteiger partial charge in [-0.1, -0.05) is 17.8 Å². The predicted octanol–water partition coefficient (Wildman–Crippen LogP) is 3.68. The van der Waals surface area contributed by atoms with Crippen molar-refractivity contribution in [2.75, 3.05) is 5.75 Å². The first-order valence-corrected chi connectivity index (χ1v) is 8.72. The maximum absolute atomic E-state index is 11.4. The fourth-order valence-electron chi connectivity index (χ4n) is 2.19. The highest BCUT2D eigenvalue weighted by molar-refractivity contribution is 8.13. The number of aryl methyl sites for hydroxylation is 1. The van der Waals surface area contributed by atoms with Crippen molar-refractivity contribution in [1.29, 1.82) is 0 Å². The van der Waals surface area contributed by atoms with Crippen LogP contribution in [0.25, 0.3) is 6.08 Å². The molecule has 6 heteroatoms. The Morgan fingerprint density at radius 2 is 1.87 bits per heavy atom. The number of carbonyl (C=O) groups excluding carboxylic acids is 1. The van der Waals surface area contributed by atoms with Gasteiger partial charge in [0, 0.05) is 18.4 Å². The van der Waals surface area contributed by atoms with Crippen molar-refractivity contribution >= 4 is 30.1 Å². The smallest absolute Gasteiger partial charge is 0.400 e. The lowest BCUT2D eigenvalue weighted by Gasteiger charge is -2.32. The predicted molar refractivity (Wildman–Crippen MR) is 96.2 cm³/mol. The summed E-state index contributed by atoms with van der Waals surface area (Å²) < 4.78 is 12.2. The van der Waals surface area contributed by atoms with E-state index in [0.29, 0.717) is 5.75 Å². The van der Waals surface area contributed by atoms with E-state index in [2.05, 4.69) is 4.98 Å². The summed E-state index contributed by atoms with van der Waals surface area (Å²) in [6.07, 6.45) is 1.96. The first-order valence-electron chi connectivity index (χ1n) is 7.74. The van der Waals surface area contributed by atoms with Crippen LogP contribution in [-0.4, -0.2) is 34.2 Å². The van der Waals surface area contributed by atoms with Gasteiger partial charge in [0.2, 0.25) is 0 Å². The molecule has 124 valence electrons. The molecule has 0 saturated carbocycles. The molecule has 1 aliphatic heterocycles. The zero-order valence-electron chi connectivity index (χ0n) is 14.7. The summed E-state index contributed by atoms with van der Waals surface area (Å²) in [6.45, 7) is 11.6. The standard InChI is InChI=1S/C17H24BNO3S/c1-12-8-7-9-15(19-12)10-14(11-23-13(2)20)18-21-16(3,4)17(5,6)22-18/h7-10H,11H2,1-6H3. The highest BCUT2D eigenvalue weighted by Crippen LogP contribution is 2.39. The van der Waals surface area contributed by atoms with Crippen LogP contribution in [0.2, 0.25) is 0 Å². The molecular formula is C17H24BNO3S. The molecule has 1 aliphatic rings. The van der Waals surface area contributed by atoms with Gasteiger partial charge >= 0.3 is 7.12 Å². The molecule has 0 atom stereocenters. The number of hydrogen-bond acceptors (Lipinski definition) is 5. The van der Waals surface area contributed by atoms with Gasteiger partial charge in [0.25, 0.3) is 0 Å². The molecule has 0 bridgehead atoms. The topological polar surface area (TPSA) is 48.4 Å². The number of hydrogen-bond donors (Lipinski definition) is 0. The molecule has 0 spiro atoms. The van der Waals surface area contributed by atoms with Crippen molar-refractivity contribution in [2.24, 2.45) is 0 Å². The average molecular weight is 333 g/mol. The van der Waals surface area contributed by atoms with E-state index in [1.165, 1.54) is 11.8 Å². The average Bonchev–Trinajstić information content (AvgIpc) is 2.63. The van der Waals surface area contributed by atoms with Gasteiger partial charge in [-0.3, -0.25) is 9.78 Å². The van der Waals surface area contributed by atoms with Gasteiger partial charge in [-0.2, -0.15) is 0 Å². The monoisotopic (exact) mass is 333 g/mol. The highest BCUT2D eigenvalue weighted by Gasteiger charge is 2.52. The fourth-order valence-corrected chi connectivity index (χ4v) is 2.78. The largest absolute Gasteiger partial charge is 0.491 e. The van der Waals surface area contributed by atoms with Crippen LogP contribution in [0, 0.1) is 6.92 Å². The number of carbonyl (C=O) groups is 1. The van der Waals surface area contributed by atoms with Crippen molar-refractivity contribution in [3.8, 4) is 0 Å². The quantitative estimate of drug-likeness (QED) is 0.787. The highest BCUT2D eigenvalue weighted by atomic mass is 32.2. The van der Waals surface area contributed by atoms with Crippen LogP contribution in [0.5, 0.6) is 0 Å². The molecule has 0 amide bonds. The SMILES string of the molecule is CC(=O)SCC(=Cc1cccc(C)n1)B1OC(C)(C)C(C)(C)O1. The molecule has 0 aliphatic carbocycles. The zero-order valence-corrected chi connectivity index (χ0v) is 15.5. The summed E-state index contributed by atoms with van der Waals surface area (Å²) >= 11 is 1.25. The molecule has 2 heterocycles. The molecule has 0 unspecified atom stereocenters. The van der Waals surface area contributed by atoms with Crippen LogP contribution in [0.4, 0.5) is 0 Å². The molecule has 1 fully saturated rings. The Morgan fingerprint density at radius 1 is 1.26 bits per heavy atom. The van der Waals surface area contributed by atoms with Crippen LogP contribution in [0.3, 0.4) is 0 Å². The van der Waals surface area contributed by atoms with Crippen molar-refractivity contribution < 1.29 is 14.1 Å². The summed E-state index contributed by atoms with van der Waals surface area (Å²) in [5.74, 6) is 0.530. The van der Waals surface area contributed by atoms with Crippen LogP contribution in [0.15, 0.2) is 23.7 Å². The van der Waals surface area contributed by atoms with E-state index in [0.717, 1.165) is 16.9 Å². The summed E-state index contributed by atoms with van der Waals surface area (Å²) in [6, 6.07) is 5.86. The van der Waals surface area contributed by atoms with E-state index in [1.807, 2.05) is 58.9 Å². The number of thioether (sulfide) groups is 1. The van der Waals surface area contributed by atoms with Crippen molar-refractivity contribution in [1.82, 2.24) is 4.98 Å². The minimum absolute atomic E-state index is 0.0737. The van der Waals surface area contributed by atoms with Gasteiger partial charge in [0.05, 0.1) is 16.9 Å². The van der Waals surface area contributed by atoms with Crippen LogP contribution in [0.1, 0.15) is 46.0 Å². The lowest BCUT2D eigenvalue weighted by Crippen LogP contribution is -2.41. The van der Waals surface area contributed by atoms with Crippen molar-refractivity contribution in [3.63, 3.8) is 0 Å². The second-order valence-corrected chi connectivity index (χ2v) is 7.94. The Balaban J connectivity index is 2.30. The molecule has 1 aromatic heterocycles. The molecule has 0 aromatic carbocycles. The number of rotatable bonds is 4. The second kappa shape index (κ2) is 6.79. The minimum atomic E-state index is -0.464. The fraction of sp³-hybridized carbons (Fsp3) is 0.529. The molecule has 23 heavy (non-hydrogen) atoms. The molecular weight excluding hydrogens is 309 g/mol.